The van der Waals surface area contributed by atoms with Crippen molar-refractivity contribution in [2.45, 2.75) is 25.7 Å². The number of hydrogen-bond donors (Lipinski definition) is 1. The fraction of sp³-hybridized carbons (Fsp3) is 0.714. The van der Waals surface area contributed by atoms with Gasteiger partial charge in [0.15, 0.2) is 0 Å². The minimum Gasteiger partial charge on any atom is -0.396 e. The van der Waals surface area contributed by atoms with E-state index in [1.165, 1.54) is 0 Å². The van der Waals surface area contributed by atoms with E-state index in [-0.39, 0.29) is 6.61 Å². The van der Waals surface area contributed by atoms with Crippen LogP contribution in [0, 0.1) is 17.8 Å². The molecule has 9 heavy (non-hydrogen) atoms. The molecule has 1 radical (unpaired) electrons. The Labute approximate surface area is 56.1 Å². The van der Waals surface area contributed by atoms with E-state index in [4.69, 9.17) is 10.4 Å². The van der Waals surface area contributed by atoms with E-state index >= 15 is 0 Å². The molecule has 0 heterocycles. The van der Waals surface area contributed by atoms with Crippen LogP contribution >= 0.6 is 0 Å². The SMILES string of the molecule is N#C[CH]CCCCCO. The van der Waals surface area contributed by atoms with Gasteiger partial charge in [0, 0.05) is 6.61 Å². The van der Waals surface area contributed by atoms with E-state index in [0.29, 0.717) is 0 Å². The molecule has 0 aliphatic carbocycles. The van der Waals surface area contributed by atoms with Gasteiger partial charge in [-0.1, -0.05) is 12.8 Å². The van der Waals surface area contributed by atoms with Crippen LogP contribution in [-0.4, -0.2) is 11.7 Å². The minimum absolute atomic E-state index is 0.270. The number of nitriles is 1. The number of rotatable bonds is 5. The zero-order chi connectivity index (χ0) is 6.95. The second-order valence-corrected chi connectivity index (χ2v) is 1.91. The molecule has 0 unspecified atom stereocenters. The van der Waals surface area contributed by atoms with Crippen LogP contribution in [0.1, 0.15) is 25.7 Å². The van der Waals surface area contributed by atoms with Gasteiger partial charge in [0.05, 0.1) is 12.5 Å². The third-order valence-corrected chi connectivity index (χ3v) is 1.10. The van der Waals surface area contributed by atoms with Gasteiger partial charge in [0.1, 0.15) is 0 Å². The van der Waals surface area contributed by atoms with Gasteiger partial charge in [-0.3, -0.25) is 0 Å². The van der Waals surface area contributed by atoms with Crippen LogP contribution < -0.4 is 0 Å². The molecule has 51 valence electrons. The number of aliphatic hydroxyl groups excluding tert-OH is 1. The van der Waals surface area contributed by atoms with Gasteiger partial charge in [-0.25, -0.2) is 0 Å². The number of hydrogen-bond acceptors (Lipinski definition) is 2. The lowest BCUT2D eigenvalue weighted by molar-refractivity contribution is 0.283. The van der Waals surface area contributed by atoms with Gasteiger partial charge >= 0.3 is 0 Å². The lowest BCUT2D eigenvalue weighted by Gasteiger charge is -1.92. The largest absolute Gasteiger partial charge is 0.396 e. The quantitative estimate of drug-likeness (QED) is 0.564. The summed E-state index contributed by atoms with van der Waals surface area (Å²) in [6.45, 7) is 0.270. The zero-order valence-electron chi connectivity index (χ0n) is 5.51. The summed E-state index contributed by atoms with van der Waals surface area (Å²) in [6, 6.07) is 1.96. The van der Waals surface area contributed by atoms with Crippen molar-refractivity contribution in [3.05, 3.63) is 6.42 Å². The maximum Gasteiger partial charge on any atom is 0.0669 e. The highest BCUT2D eigenvalue weighted by molar-refractivity contribution is 4.90. The second kappa shape index (κ2) is 7.45. The molecule has 0 aliphatic heterocycles. The molecule has 0 saturated heterocycles. The smallest absolute Gasteiger partial charge is 0.0669 e. The van der Waals surface area contributed by atoms with Gasteiger partial charge < -0.3 is 5.11 Å². The summed E-state index contributed by atoms with van der Waals surface area (Å²) in [4.78, 5) is 0. The maximum absolute atomic E-state index is 8.35. The van der Waals surface area contributed by atoms with Crippen LogP contribution in [0.2, 0.25) is 0 Å². The van der Waals surface area contributed by atoms with Crippen molar-refractivity contribution in [2.75, 3.05) is 6.61 Å². The highest BCUT2D eigenvalue weighted by Crippen LogP contribution is 1.99. The zero-order valence-corrected chi connectivity index (χ0v) is 5.51. The van der Waals surface area contributed by atoms with Crippen molar-refractivity contribution in [1.29, 1.82) is 5.26 Å². The Morgan fingerprint density at radius 3 is 2.67 bits per heavy atom. The highest BCUT2D eigenvalue weighted by Gasteiger charge is 1.86. The Morgan fingerprint density at radius 2 is 2.11 bits per heavy atom. The van der Waals surface area contributed by atoms with E-state index in [1.807, 2.05) is 6.07 Å². The van der Waals surface area contributed by atoms with Crippen molar-refractivity contribution >= 4 is 0 Å². The molecule has 0 aromatic heterocycles. The van der Waals surface area contributed by atoms with Crippen LogP contribution in [0.3, 0.4) is 0 Å². The highest BCUT2D eigenvalue weighted by atomic mass is 16.2. The summed E-state index contributed by atoms with van der Waals surface area (Å²) < 4.78 is 0. The van der Waals surface area contributed by atoms with Crippen molar-refractivity contribution in [3.63, 3.8) is 0 Å². The number of nitrogens with zero attached hydrogens (tertiary/aromatic N) is 1. The summed E-state index contributed by atoms with van der Waals surface area (Å²) in [5.74, 6) is 0. The monoisotopic (exact) mass is 126 g/mol. The van der Waals surface area contributed by atoms with Gasteiger partial charge in [0.25, 0.3) is 0 Å². The maximum atomic E-state index is 8.35. The Balaban J connectivity index is 2.69. The molecule has 0 bridgehead atoms. The lowest BCUT2D eigenvalue weighted by atomic mass is 10.2. The first-order valence-electron chi connectivity index (χ1n) is 3.24. The fourth-order valence-corrected chi connectivity index (χ4v) is 0.600. The first-order chi connectivity index (χ1) is 4.41. The average molecular weight is 126 g/mol. The van der Waals surface area contributed by atoms with Crippen molar-refractivity contribution in [1.82, 2.24) is 0 Å². The Bertz CT molecular complexity index is 85.4. The molecule has 0 spiro atoms. The van der Waals surface area contributed by atoms with E-state index < -0.39 is 0 Å². The van der Waals surface area contributed by atoms with Gasteiger partial charge in [0.2, 0.25) is 0 Å². The molecule has 0 aromatic rings. The number of unbranched alkanes of at least 4 members (excludes halogenated alkanes) is 4. The van der Waals surface area contributed by atoms with Gasteiger partial charge in [-0.05, 0) is 12.8 Å². The summed E-state index contributed by atoms with van der Waals surface area (Å²) in [5.41, 5.74) is 0. The Morgan fingerprint density at radius 1 is 1.33 bits per heavy atom. The van der Waals surface area contributed by atoms with E-state index in [9.17, 15) is 0 Å². The molecule has 1 N–H and O–H groups in total. The van der Waals surface area contributed by atoms with E-state index in [1.54, 1.807) is 6.42 Å². The minimum atomic E-state index is 0.270. The van der Waals surface area contributed by atoms with Crippen LogP contribution in [0.5, 0.6) is 0 Å². The molecule has 0 aromatic carbocycles. The summed E-state index contributed by atoms with van der Waals surface area (Å²) in [5, 5.41) is 16.4. The molecule has 2 nitrogen and oxygen atoms in total. The molecule has 2 heteroatoms. The van der Waals surface area contributed by atoms with Gasteiger partial charge in [-0.15, -0.1) is 0 Å². The van der Waals surface area contributed by atoms with Gasteiger partial charge in [-0.2, -0.15) is 5.26 Å². The molecular weight excluding hydrogens is 114 g/mol. The second-order valence-electron chi connectivity index (χ2n) is 1.91. The first-order valence-corrected chi connectivity index (χ1v) is 3.24. The predicted octanol–water partition coefficient (Wildman–Crippen LogP) is 1.27. The first kappa shape index (κ1) is 8.45. The van der Waals surface area contributed by atoms with Crippen molar-refractivity contribution in [3.8, 4) is 6.07 Å². The molecule has 0 aliphatic rings. The molecular formula is C7H12NO. The standard InChI is InChI=1S/C7H12NO/c8-6-4-2-1-3-5-7-9/h4,9H,1-3,5,7H2. The third-order valence-electron chi connectivity index (χ3n) is 1.10. The Hall–Kier alpha value is -0.550. The molecule has 0 rings (SSSR count). The lowest BCUT2D eigenvalue weighted by Crippen LogP contribution is -1.82. The fourth-order valence-electron chi connectivity index (χ4n) is 0.600. The van der Waals surface area contributed by atoms with Crippen molar-refractivity contribution in [2.24, 2.45) is 0 Å². The topological polar surface area (TPSA) is 44.0 Å². The van der Waals surface area contributed by atoms with Crippen LogP contribution in [0.25, 0.3) is 0 Å². The van der Waals surface area contributed by atoms with Crippen molar-refractivity contribution < 1.29 is 5.11 Å². The third kappa shape index (κ3) is 7.45. The molecule has 0 amide bonds. The van der Waals surface area contributed by atoms with E-state index in [0.717, 1.165) is 25.7 Å². The van der Waals surface area contributed by atoms with Crippen LogP contribution in [0.15, 0.2) is 0 Å². The molecule has 0 saturated carbocycles. The summed E-state index contributed by atoms with van der Waals surface area (Å²) in [7, 11) is 0. The van der Waals surface area contributed by atoms with Crippen LogP contribution in [-0.2, 0) is 0 Å². The number of aliphatic hydroxyl groups is 1. The van der Waals surface area contributed by atoms with E-state index in [2.05, 4.69) is 0 Å². The predicted molar refractivity (Wildman–Crippen MR) is 35.5 cm³/mol. The average Bonchev–Trinajstić information content (AvgIpc) is 1.89. The molecule has 0 fully saturated rings. The Kier molecular flexibility index (Phi) is 6.99. The normalized spacial score (nSPS) is 8.89. The summed E-state index contributed by atoms with van der Waals surface area (Å²) >= 11 is 0. The summed E-state index contributed by atoms with van der Waals surface area (Å²) in [6.07, 6.45) is 5.36. The van der Waals surface area contributed by atoms with Crippen LogP contribution in [0.4, 0.5) is 0 Å². The molecule has 0 atom stereocenters.